The van der Waals surface area contributed by atoms with Gasteiger partial charge >= 0.3 is 0 Å². The molecule has 5 rings (SSSR count). The first-order chi connectivity index (χ1) is 14.2. The van der Waals surface area contributed by atoms with Gasteiger partial charge in [0.25, 0.3) is 5.56 Å². The third kappa shape index (κ3) is 3.44. The Morgan fingerprint density at radius 2 is 2.00 bits per heavy atom. The van der Waals surface area contributed by atoms with Gasteiger partial charge in [0, 0.05) is 56.4 Å². The number of rotatable bonds is 4. The third-order valence-corrected chi connectivity index (χ3v) is 5.79. The number of hydrogen-bond acceptors (Lipinski definition) is 6. The van der Waals surface area contributed by atoms with Gasteiger partial charge in [0.2, 0.25) is 0 Å². The highest BCUT2D eigenvalue weighted by Crippen LogP contribution is 2.31. The molecule has 2 aliphatic heterocycles. The van der Waals surface area contributed by atoms with Crippen LogP contribution in [0.25, 0.3) is 11.1 Å². The molecule has 0 aromatic carbocycles. The first-order valence-corrected chi connectivity index (χ1v) is 10.1. The fourth-order valence-electron chi connectivity index (χ4n) is 4.30. The summed E-state index contributed by atoms with van der Waals surface area (Å²) in [7, 11) is 0. The summed E-state index contributed by atoms with van der Waals surface area (Å²) in [6.45, 7) is 5.18. The van der Waals surface area contributed by atoms with Gasteiger partial charge in [0.05, 0.1) is 18.4 Å². The minimum atomic E-state index is -0.105. The van der Waals surface area contributed by atoms with E-state index in [9.17, 15) is 4.79 Å². The lowest BCUT2D eigenvalue weighted by Gasteiger charge is -2.21. The van der Waals surface area contributed by atoms with Crippen LogP contribution in [0.5, 0.6) is 0 Å². The zero-order valence-corrected chi connectivity index (χ0v) is 16.4. The van der Waals surface area contributed by atoms with Crippen molar-refractivity contribution in [2.24, 2.45) is 5.92 Å². The van der Waals surface area contributed by atoms with Gasteiger partial charge in [0.1, 0.15) is 17.2 Å². The molecule has 3 aromatic rings. The summed E-state index contributed by atoms with van der Waals surface area (Å²) >= 11 is 0. The highest BCUT2D eigenvalue weighted by Gasteiger charge is 2.25. The summed E-state index contributed by atoms with van der Waals surface area (Å²) in [5.74, 6) is 2.36. The van der Waals surface area contributed by atoms with Crippen molar-refractivity contribution in [1.29, 1.82) is 0 Å². The van der Waals surface area contributed by atoms with Crippen LogP contribution >= 0.6 is 0 Å². The van der Waals surface area contributed by atoms with Crippen molar-refractivity contribution < 1.29 is 4.74 Å². The Bertz CT molecular complexity index is 1100. The van der Waals surface area contributed by atoms with Crippen LogP contribution in [0.3, 0.4) is 0 Å². The highest BCUT2D eigenvalue weighted by atomic mass is 16.5. The number of nitrogens with zero attached hydrogens (tertiary/aromatic N) is 5. The summed E-state index contributed by atoms with van der Waals surface area (Å²) in [5.41, 5.74) is 2.45. The fraction of sp³-hybridized carbons (Fsp3) is 0.429. The minimum Gasteiger partial charge on any atom is -0.381 e. The number of aromatic nitrogens is 5. The molecule has 2 aliphatic rings. The minimum absolute atomic E-state index is 0.105. The van der Waals surface area contributed by atoms with Gasteiger partial charge < -0.3 is 14.6 Å². The molecule has 0 amide bonds. The maximum Gasteiger partial charge on any atom is 0.274 e. The summed E-state index contributed by atoms with van der Waals surface area (Å²) in [6.07, 6.45) is 11.2. The van der Waals surface area contributed by atoms with Crippen molar-refractivity contribution in [2.45, 2.75) is 32.2 Å². The number of fused-ring (bicyclic) bond motifs is 1. The molecule has 0 bridgehead atoms. The summed E-state index contributed by atoms with van der Waals surface area (Å²) in [5, 5.41) is 0. The predicted molar refractivity (Wildman–Crippen MR) is 108 cm³/mol. The SMILES string of the molecule is C[C@@H]1CN(Cc2ncccn2)C=C1c1cn2c(C3CCOCC3)ncc2c(=O)[nH]1. The van der Waals surface area contributed by atoms with Crippen LogP contribution in [0.15, 0.2) is 41.8 Å². The number of H-pyrrole nitrogens is 1. The molecule has 1 N–H and O–H groups in total. The van der Waals surface area contributed by atoms with Crippen LogP contribution in [-0.4, -0.2) is 49.0 Å². The van der Waals surface area contributed by atoms with E-state index in [2.05, 4.69) is 38.0 Å². The average Bonchev–Trinajstić information content (AvgIpc) is 3.33. The van der Waals surface area contributed by atoms with Crippen LogP contribution in [0, 0.1) is 5.92 Å². The van der Waals surface area contributed by atoms with Crippen molar-refractivity contribution in [2.75, 3.05) is 19.8 Å². The number of nitrogens with one attached hydrogen (secondary N) is 1. The fourth-order valence-corrected chi connectivity index (χ4v) is 4.30. The van der Waals surface area contributed by atoms with E-state index in [1.807, 2.05) is 16.7 Å². The summed E-state index contributed by atoms with van der Waals surface area (Å²) in [6, 6.07) is 1.82. The lowest BCUT2D eigenvalue weighted by molar-refractivity contribution is 0.0835. The second-order valence-corrected chi connectivity index (χ2v) is 7.84. The van der Waals surface area contributed by atoms with E-state index in [4.69, 9.17) is 4.74 Å². The predicted octanol–water partition coefficient (Wildman–Crippen LogP) is 2.20. The molecule has 3 aromatic heterocycles. The van der Waals surface area contributed by atoms with Crippen LogP contribution in [0.1, 0.15) is 43.0 Å². The van der Waals surface area contributed by atoms with E-state index < -0.39 is 0 Å². The van der Waals surface area contributed by atoms with Gasteiger partial charge in [-0.2, -0.15) is 0 Å². The zero-order valence-electron chi connectivity index (χ0n) is 16.4. The number of hydrogen-bond donors (Lipinski definition) is 1. The molecule has 0 radical (unpaired) electrons. The van der Waals surface area contributed by atoms with E-state index >= 15 is 0 Å². The van der Waals surface area contributed by atoms with Gasteiger partial charge in [-0.25, -0.2) is 15.0 Å². The first kappa shape index (κ1) is 18.1. The van der Waals surface area contributed by atoms with Crippen molar-refractivity contribution in [3.05, 3.63) is 64.8 Å². The topological polar surface area (TPSA) is 88.4 Å². The average molecular weight is 392 g/mol. The molecule has 29 heavy (non-hydrogen) atoms. The van der Waals surface area contributed by atoms with Gasteiger partial charge in [-0.15, -0.1) is 0 Å². The second kappa shape index (κ2) is 7.44. The maximum absolute atomic E-state index is 12.7. The van der Waals surface area contributed by atoms with Crippen LogP contribution < -0.4 is 5.56 Å². The molecule has 1 saturated heterocycles. The van der Waals surface area contributed by atoms with Crippen LogP contribution in [-0.2, 0) is 11.3 Å². The molecule has 5 heterocycles. The smallest absolute Gasteiger partial charge is 0.274 e. The Hall–Kier alpha value is -3.00. The Labute approximate surface area is 168 Å². The quantitative estimate of drug-likeness (QED) is 0.732. The van der Waals surface area contributed by atoms with Crippen LogP contribution in [0.2, 0.25) is 0 Å². The molecule has 1 fully saturated rings. The number of aromatic amines is 1. The van der Waals surface area contributed by atoms with Gasteiger partial charge in [-0.05, 0) is 24.5 Å². The van der Waals surface area contributed by atoms with Gasteiger partial charge in [-0.3, -0.25) is 9.20 Å². The molecular weight excluding hydrogens is 368 g/mol. The Balaban J connectivity index is 1.49. The van der Waals surface area contributed by atoms with Crippen molar-refractivity contribution in [3.8, 4) is 0 Å². The first-order valence-electron chi connectivity index (χ1n) is 10.1. The molecule has 1 atom stereocenters. The lowest BCUT2D eigenvalue weighted by Crippen LogP contribution is -2.19. The molecule has 150 valence electrons. The van der Waals surface area contributed by atoms with Crippen molar-refractivity contribution in [3.63, 3.8) is 0 Å². The van der Waals surface area contributed by atoms with E-state index in [0.29, 0.717) is 23.9 Å². The zero-order chi connectivity index (χ0) is 19.8. The molecule has 0 unspecified atom stereocenters. The van der Waals surface area contributed by atoms with Gasteiger partial charge in [0.15, 0.2) is 0 Å². The third-order valence-electron chi connectivity index (χ3n) is 5.79. The standard InChI is InChI=1S/C21H24N6O2/c1-14-10-26(13-19-22-5-2-6-23-19)11-16(14)17-12-27-18(21(28)25-17)9-24-20(27)15-3-7-29-8-4-15/h2,5-6,9,11-12,14-15H,3-4,7-8,10,13H2,1H3,(H,25,28)/t14-/m1/s1. The Morgan fingerprint density at radius 1 is 1.21 bits per heavy atom. The molecule has 0 saturated carbocycles. The van der Waals surface area contributed by atoms with E-state index in [-0.39, 0.29) is 5.56 Å². The molecular formula is C21H24N6O2. The monoisotopic (exact) mass is 392 g/mol. The van der Waals surface area contributed by atoms with Crippen molar-refractivity contribution in [1.82, 2.24) is 29.2 Å². The van der Waals surface area contributed by atoms with E-state index in [1.54, 1.807) is 18.6 Å². The number of ether oxygens (including phenoxy) is 1. The highest BCUT2D eigenvalue weighted by molar-refractivity contribution is 5.66. The van der Waals surface area contributed by atoms with E-state index in [1.165, 1.54) is 0 Å². The molecule has 8 nitrogen and oxygen atoms in total. The molecule has 0 spiro atoms. The van der Waals surface area contributed by atoms with Crippen LogP contribution in [0.4, 0.5) is 0 Å². The molecule has 0 aliphatic carbocycles. The van der Waals surface area contributed by atoms with Gasteiger partial charge in [-0.1, -0.05) is 6.92 Å². The Kier molecular flexibility index (Phi) is 4.63. The normalized spacial score (nSPS) is 20.4. The maximum atomic E-state index is 12.7. The van der Waals surface area contributed by atoms with Crippen molar-refractivity contribution >= 4 is 11.1 Å². The number of imidazole rings is 1. The summed E-state index contributed by atoms with van der Waals surface area (Å²) in [4.78, 5) is 31.2. The lowest BCUT2D eigenvalue weighted by atomic mass is 9.99. The molecule has 8 heteroatoms. The van der Waals surface area contributed by atoms with E-state index in [0.717, 1.165) is 55.5 Å². The Morgan fingerprint density at radius 3 is 2.79 bits per heavy atom. The largest absolute Gasteiger partial charge is 0.381 e. The summed E-state index contributed by atoms with van der Waals surface area (Å²) < 4.78 is 7.46. The second-order valence-electron chi connectivity index (χ2n) is 7.84.